The van der Waals surface area contributed by atoms with Crippen LogP contribution in [0, 0.1) is 13.8 Å². The molecule has 0 fully saturated rings. The first kappa shape index (κ1) is 21.9. The summed E-state index contributed by atoms with van der Waals surface area (Å²) in [4.78, 5) is 12.6. The van der Waals surface area contributed by atoms with Crippen molar-refractivity contribution in [3.63, 3.8) is 0 Å². The number of hydrogen-bond donors (Lipinski definition) is 1. The first-order valence-corrected chi connectivity index (χ1v) is 11.5. The number of aryl methyl sites for hydroxylation is 2. The molecule has 1 amide bonds. The van der Waals surface area contributed by atoms with Crippen LogP contribution < -0.4 is 5.32 Å². The molecule has 0 radical (unpaired) electrons. The minimum Gasteiger partial charge on any atom is -0.461 e. The van der Waals surface area contributed by atoms with Crippen molar-refractivity contribution in [1.29, 1.82) is 0 Å². The maximum atomic E-state index is 12.6. The van der Waals surface area contributed by atoms with Gasteiger partial charge in [-0.3, -0.25) is 9.36 Å². The molecule has 4 aromatic rings. The summed E-state index contributed by atoms with van der Waals surface area (Å²) in [6.45, 7) is 6.76. The normalized spacial score (nSPS) is 12.0. The van der Waals surface area contributed by atoms with Gasteiger partial charge in [-0.2, -0.15) is 0 Å². The van der Waals surface area contributed by atoms with Gasteiger partial charge in [-0.25, -0.2) is 0 Å². The molecule has 4 rings (SSSR count). The predicted octanol–water partition coefficient (Wildman–Crippen LogP) is 5.17. The van der Waals surface area contributed by atoms with Crippen LogP contribution in [0.3, 0.4) is 0 Å². The van der Waals surface area contributed by atoms with Crippen molar-refractivity contribution < 1.29 is 9.21 Å². The molecule has 2 aromatic heterocycles. The van der Waals surface area contributed by atoms with Gasteiger partial charge in [0.2, 0.25) is 11.7 Å². The molecule has 0 saturated heterocycles. The second kappa shape index (κ2) is 9.87. The summed E-state index contributed by atoms with van der Waals surface area (Å²) >= 11 is 1.37. The zero-order valence-electron chi connectivity index (χ0n) is 18.4. The fourth-order valence-electron chi connectivity index (χ4n) is 3.42. The number of carbonyl (C=O) groups is 1. The molecule has 1 atom stereocenters. The molecule has 7 heteroatoms. The number of nitrogens with one attached hydrogen (secondary N) is 1. The van der Waals surface area contributed by atoms with Gasteiger partial charge < -0.3 is 9.73 Å². The maximum absolute atomic E-state index is 12.6. The molecule has 0 spiro atoms. The molecule has 1 N–H and O–H groups in total. The van der Waals surface area contributed by atoms with E-state index in [9.17, 15) is 4.79 Å². The van der Waals surface area contributed by atoms with Gasteiger partial charge in [-0.05, 0) is 55.2 Å². The maximum Gasteiger partial charge on any atom is 0.230 e. The summed E-state index contributed by atoms with van der Waals surface area (Å²) in [7, 11) is 0. The molecule has 2 heterocycles. The molecule has 1 unspecified atom stereocenters. The van der Waals surface area contributed by atoms with Gasteiger partial charge in [-0.15, -0.1) is 10.2 Å². The molecule has 0 aliphatic heterocycles. The van der Waals surface area contributed by atoms with E-state index in [1.54, 1.807) is 6.26 Å². The molecule has 0 aliphatic rings. The summed E-state index contributed by atoms with van der Waals surface area (Å²) in [5, 5.41) is 12.4. The van der Waals surface area contributed by atoms with Crippen molar-refractivity contribution in [2.45, 2.75) is 38.5 Å². The Kier molecular flexibility index (Phi) is 6.75. The van der Waals surface area contributed by atoms with E-state index in [1.165, 1.54) is 22.9 Å². The summed E-state index contributed by atoms with van der Waals surface area (Å²) in [6.07, 6.45) is 1.62. The van der Waals surface area contributed by atoms with Crippen LogP contribution >= 0.6 is 11.8 Å². The third-order valence-corrected chi connectivity index (χ3v) is 6.35. The highest BCUT2D eigenvalue weighted by molar-refractivity contribution is 7.99. The van der Waals surface area contributed by atoms with E-state index >= 15 is 0 Å². The Bertz CT molecular complexity index is 1190. The number of hydrogen-bond acceptors (Lipinski definition) is 5. The summed E-state index contributed by atoms with van der Waals surface area (Å²) in [6, 6.07) is 20.0. The van der Waals surface area contributed by atoms with Crippen molar-refractivity contribution in [3.8, 4) is 11.6 Å². The Hall–Kier alpha value is -3.32. The number of carbonyl (C=O) groups excluding carboxylic acids is 1. The van der Waals surface area contributed by atoms with E-state index in [0.717, 1.165) is 11.1 Å². The second-order valence-corrected chi connectivity index (χ2v) is 8.72. The lowest BCUT2D eigenvalue weighted by atomic mass is 10.0. The van der Waals surface area contributed by atoms with Crippen molar-refractivity contribution in [3.05, 3.63) is 89.2 Å². The lowest BCUT2D eigenvalue weighted by Gasteiger charge is -2.16. The zero-order chi connectivity index (χ0) is 22.5. The fourth-order valence-corrected chi connectivity index (χ4v) is 4.17. The summed E-state index contributed by atoms with van der Waals surface area (Å²) in [5.74, 6) is 1.49. The Morgan fingerprint density at radius 2 is 1.88 bits per heavy atom. The molecular weight excluding hydrogens is 420 g/mol. The predicted molar refractivity (Wildman–Crippen MR) is 126 cm³/mol. The molecule has 6 nitrogen and oxygen atoms in total. The van der Waals surface area contributed by atoms with Gasteiger partial charge in [0.05, 0.1) is 24.6 Å². The third-order valence-electron chi connectivity index (χ3n) is 5.38. The summed E-state index contributed by atoms with van der Waals surface area (Å²) in [5.41, 5.74) is 4.68. The van der Waals surface area contributed by atoms with E-state index in [-0.39, 0.29) is 17.7 Å². The van der Waals surface area contributed by atoms with Crippen LogP contribution in [0.1, 0.15) is 35.2 Å². The van der Waals surface area contributed by atoms with Gasteiger partial charge in [-0.1, -0.05) is 60.3 Å². The lowest BCUT2D eigenvalue weighted by Crippen LogP contribution is -2.28. The summed E-state index contributed by atoms with van der Waals surface area (Å²) < 4.78 is 7.53. The number of rotatable bonds is 8. The standard InChI is InChI=1S/C25H26N4O2S/c1-17-11-12-21(14-18(17)2)19(3)26-23(30)16-32-25-28-27-24(22-10-7-13-31-22)29(25)15-20-8-5-4-6-9-20/h4-14,19H,15-16H2,1-3H3,(H,26,30). The molecule has 0 bridgehead atoms. The minimum atomic E-state index is -0.0664. The van der Waals surface area contributed by atoms with E-state index in [1.807, 2.05) is 41.8 Å². The van der Waals surface area contributed by atoms with E-state index < -0.39 is 0 Å². The van der Waals surface area contributed by atoms with E-state index in [0.29, 0.717) is 23.3 Å². The topological polar surface area (TPSA) is 73.0 Å². The van der Waals surface area contributed by atoms with Gasteiger partial charge in [0.25, 0.3) is 0 Å². The van der Waals surface area contributed by atoms with Gasteiger partial charge >= 0.3 is 0 Å². The Labute approximate surface area is 192 Å². The monoisotopic (exact) mass is 446 g/mol. The SMILES string of the molecule is Cc1ccc(C(C)NC(=O)CSc2nnc(-c3ccco3)n2Cc2ccccc2)cc1C. The second-order valence-electron chi connectivity index (χ2n) is 7.78. The Balaban J connectivity index is 1.46. The number of amides is 1. The van der Waals surface area contributed by atoms with Crippen LogP contribution in [0.2, 0.25) is 0 Å². The van der Waals surface area contributed by atoms with Gasteiger partial charge in [0.15, 0.2) is 10.9 Å². The fraction of sp³-hybridized carbons (Fsp3) is 0.240. The number of aromatic nitrogens is 3. The highest BCUT2D eigenvalue weighted by atomic mass is 32.2. The van der Waals surface area contributed by atoms with Crippen LogP contribution in [0.15, 0.2) is 76.5 Å². The molecule has 164 valence electrons. The van der Waals surface area contributed by atoms with Crippen molar-refractivity contribution >= 4 is 17.7 Å². The van der Waals surface area contributed by atoms with Crippen LogP contribution in [0.5, 0.6) is 0 Å². The molecule has 0 aliphatic carbocycles. The minimum absolute atomic E-state index is 0.0467. The van der Waals surface area contributed by atoms with E-state index in [2.05, 4.69) is 59.7 Å². The number of benzene rings is 2. The van der Waals surface area contributed by atoms with Crippen molar-refractivity contribution in [1.82, 2.24) is 20.1 Å². The zero-order valence-corrected chi connectivity index (χ0v) is 19.2. The smallest absolute Gasteiger partial charge is 0.230 e. The largest absolute Gasteiger partial charge is 0.461 e. The third kappa shape index (κ3) is 5.11. The first-order valence-electron chi connectivity index (χ1n) is 10.5. The molecule has 32 heavy (non-hydrogen) atoms. The average molecular weight is 447 g/mol. The molecular formula is C25H26N4O2S. The number of thioether (sulfide) groups is 1. The highest BCUT2D eigenvalue weighted by Crippen LogP contribution is 2.26. The highest BCUT2D eigenvalue weighted by Gasteiger charge is 2.18. The average Bonchev–Trinajstić information content (AvgIpc) is 3.45. The van der Waals surface area contributed by atoms with Crippen LogP contribution in [-0.2, 0) is 11.3 Å². The van der Waals surface area contributed by atoms with Crippen molar-refractivity contribution in [2.24, 2.45) is 0 Å². The molecule has 0 saturated carbocycles. The van der Waals surface area contributed by atoms with E-state index in [4.69, 9.17) is 4.42 Å². The van der Waals surface area contributed by atoms with Crippen LogP contribution in [0.4, 0.5) is 0 Å². The Morgan fingerprint density at radius 1 is 1.06 bits per heavy atom. The Morgan fingerprint density at radius 3 is 2.59 bits per heavy atom. The number of furan rings is 1. The lowest BCUT2D eigenvalue weighted by molar-refractivity contribution is -0.119. The number of nitrogens with zero attached hydrogens (tertiary/aromatic N) is 3. The quantitative estimate of drug-likeness (QED) is 0.378. The molecule has 2 aromatic carbocycles. The van der Waals surface area contributed by atoms with Gasteiger partial charge in [0.1, 0.15) is 0 Å². The van der Waals surface area contributed by atoms with Gasteiger partial charge in [0, 0.05) is 0 Å². The van der Waals surface area contributed by atoms with Crippen molar-refractivity contribution in [2.75, 3.05) is 5.75 Å². The van der Waals surface area contributed by atoms with Crippen LogP contribution in [-0.4, -0.2) is 26.4 Å². The van der Waals surface area contributed by atoms with Crippen LogP contribution in [0.25, 0.3) is 11.6 Å². The first-order chi connectivity index (χ1) is 15.5.